The minimum Gasteiger partial charge on any atom is -0.378 e. The van der Waals surface area contributed by atoms with Gasteiger partial charge in [0.2, 0.25) is 5.91 Å². The van der Waals surface area contributed by atoms with E-state index in [1.54, 1.807) is 6.92 Å². The third-order valence-electron chi connectivity index (χ3n) is 7.11. The van der Waals surface area contributed by atoms with Crippen molar-refractivity contribution in [3.05, 3.63) is 77.3 Å². The molecule has 4 nitrogen and oxygen atoms in total. The highest BCUT2D eigenvalue weighted by Gasteiger charge is 2.32. The highest BCUT2D eigenvalue weighted by Crippen LogP contribution is 2.41. The first kappa shape index (κ1) is 22.8. The number of hydrogen-bond donors (Lipinski definition) is 1. The Bertz CT molecular complexity index is 1170. The summed E-state index contributed by atoms with van der Waals surface area (Å²) < 4.78 is 0. The Balaban J connectivity index is 1.48. The normalized spacial score (nSPS) is 20.1. The number of nitrogens with one attached hydrogen (secondary N) is 1. The van der Waals surface area contributed by atoms with Gasteiger partial charge >= 0.3 is 0 Å². The predicted octanol–water partition coefficient (Wildman–Crippen LogP) is 7.30. The Morgan fingerprint density at radius 3 is 2.38 bits per heavy atom. The van der Waals surface area contributed by atoms with Crippen molar-refractivity contribution >= 4 is 34.6 Å². The lowest BCUT2D eigenvalue weighted by Gasteiger charge is -2.39. The van der Waals surface area contributed by atoms with Crippen LogP contribution < -0.4 is 15.1 Å². The molecular weight excluding hydrogens is 442 g/mol. The summed E-state index contributed by atoms with van der Waals surface area (Å²) in [5, 5.41) is 4.38. The molecular formula is C29H32ClN3O. The molecule has 0 radical (unpaired) electrons. The molecule has 2 aliphatic heterocycles. The van der Waals surface area contributed by atoms with Crippen LogP contribution in [0, 0.1) is 0 Å². The van der Waals surface area contributed by atoms with E-state index < -0.39 is 0 Å². The molecule has 2 atom stereocenters. The molecule has 0 bridgehead atoms. The number of rotatable bonds is 4. The quantitative estimate of drug-likeness (QED) is 0.432. The van der Waals surface area contributed by atoms with Gasteiger partial charge < -0.3 is 15.1 Å². The Kier molecular flexibility index (Phi) is 6.51. The zero-order valence-corrected chi connectivity index (χ0v) is 20.7. The van der Waals surface area contributed by atoms with Gasteiger partial charge in [0.25, 0.3) is 0 Å². The largest absolute Gasteiger partial charge is 0.378 e. The number of nitrogens with zero attached hydrogens (tertiary/aromatic N) is 2. The van der Waals surface area contributed by atoms with Crippen LogP contribution in [-0.2, 0) is 4.79 Å². The third-order valence-corrected chi connectivity index (χ3v) is 7.34. The van der Waals surface area contributed by atoms with E-state index in [1.807, 2.05) is 29.2 Å². The maximum atomic E-state index is 12.5. The molecule has 0 spiro atoms. The number of benzene rings is 3. The first-order chi connectivity index (χ1) is 16.5. The number of hydrogen-bond acceptors (Lipinski definition) is 3. The molecule has 3 aromatic carbocycles. The van der Waals surface area contributed by atoms with Gasteiger partial charge in [-0.15, -0.1) is 0 Å². The topological polar surface area (TPSA) is 35.6 Å². The second kappa shape index (κ2) is 9.71. The van der Waals surface area contributed by atoms with Gasteiger partial charge in [-0.05, 0) is 91.8 Å². The van der Waals surface area contributed by atoms with Gasteiger partial charge in [0, 0.05) is 48.1 Å². The van der Waals surface area contributed by atoms with Gasteiger partial charge in [-0.25, -0.2) is 0 Å². The Labute approximate surface area is 207 Å². The maximum Gasteiger partial charge on any atom is 0.224 e. The van der Waals surface area contributed by atoms with Crippen molar-refractivity contribution in [2.24, 2.45) is 0 Å². The first-order valence-electron chi connectivity index (χ1n) is 12.3. The molecule has 0 unspecified atom stereocenters. The molecule has 34 heavy (non-hydrogen) atoms. The van der Waals surface area contributed by atoms with E-state index >= 15 is 0 Å². The van der Waals surface area contributed by atoms with Crippen molar-refractivity contribution in [1.29, 1.82) is 0 Å². The number of carbonyl (C=O) groups is 1. The molecule has 0 aromatic heterocycles. The van der Waals surface area contributed by atoms with Crippen LogP contribution in [0.4, 0.5) is 17.1 Å². The average Bonchev–Trinajstić information content (AvgIpc) is 2.84. The summed E-state index contributed by atoms with van der Waals surface area (Å²) in [6.07, 6.45) is 4.72. The smallest absolute Gasteiger partial charge is 0.224 e. The highest BCUT2D eigenvalue weighted by molar-refractivity contribution is 6.30. The third kappa shape index (κ3) is 4.65. The van der Waals surface area contributed by atoms with E-state index in [4.69, 9.17) is 11.6 Å². The summed E-state index contributed by atoms with van der Waals surface area (Å²) in [4.78, 5) is 16.9. The lowest BCUT2D eigenvalue weighted by atomic mass is 9.89. The lowest BCUT2D eigenvalue weighted by Crippen LogP contribution is -2.43. The van der Waals surface area contributed by atoms with Crippen LogP contribution in [0.3, 0.4) is 0 Å². The molecule has 1 N–H and O–H groups in total. The molecule has 3 aromatic rings. The van der Waals surface area contributed by atoms with E-state index in [9.17, 15) is 4.79 Å². The van der Waals surface area contributed by atoms with Gasteiger partial charge in [-0.2, -0.15) is 0 Å². The maximum absolute atomic E-state index is 12.5. The van der Waals surface area contributed by atoms with Crippen LogP contribution >= 0.6 is 11.6 Å². The summed E-state index contributed by atoms with van der Waals surface area (Å²) >= 11 is 6.23. The fraction of sp³-hybridized carbons (Fsp3) is 0.345. The molecule has 2 aliphatic rings. The predicted molar refractivity (Wildman–Crippen MR) is 143 cm³/mol. The van der Waals surface area contributed by atoms with Crippen molar-refractivity contribution in [2.75, 3.05) is 28.2 Å². The SMILES string of the molecule is CC(=O)N1c2ccc(-c3ccc(N4CCCCC4)cc3)cc2[C@@H](Nc2cccc(Cl)c2)C[C@H]1C. The second-order valence-electron chi connectivity index (χ2n) is 9.55. The van der Waals surface area contributed by atoms with Crippen molar-refractivity contribution < 1.29 is 4.79 Å². The highest BCUT2D eigenvalue weighted by atomic mass is 35.5. The van der Waals surface area contributed by atoms with Crippen molar-refractivity contribution in [2.45, 2.75) is 51.6 Å². The Morgan fingerprint density at radius 2 is 1.68 bits per heavy atom. The van der Waals surface area contributed by atoms with Crippen LogP contribution in [0.25, 0.3) is 11.1 Å². The minimum absolute atomic E-state index is 0.0774. The Hall–Kier alpha value is -2.98. The van der Waals surface area contributed by atoms with E-state index in [1.165, 1.54) is 36.1 Å². The van der Waals surface area contributed by atoms with Crippen LogP contribution in [0.2, 0.25) is 5.02 Å². The summed E-state index contributed by atoms with van der Waals surface area (Å²) in [6, 6.07) is 23.4. The summed E-state index contributed by atoms with van der Waals surface area (Å²) in [5.74, 6) is 0.0774. The monoisotopic (exact) mass is 473 g/mol. The average molecular weight is 474 g/mol. The van der Waals surface area contributed by atoms with Crippen LogP contribution in [0.15, 0.2) is 66.7 Å². The zero-order chi connectivity index (χ0) is 23.7. The first-order valence-corrected chi connectivity index (χ1v) is 12.7. The Morgan fingerprint density at radius 1 is 0.941 bits per heavy atom. The molecule has 0 saturated carbocycles. The van der Waals surface area contributed by atoms with Gasteiger partial charge in [0.1, 0.15) is 0 Å². The van der Waals surface area contributed by atoms with Gasteiger partial charge in [-0.3, -0.25) is 4.79 Å². The molecule has 1 fully saturated rings. The van der Waals surface area contributed by atoms with Gasteiger partial charge in [0.15, 0.2) is 0 Å². The van der Waals surface area contributed by atoms with Crippen LogP contribution in [0.5, 0.6) is 0 Å². The molecule has 0 aliphatic carbocycles. The zero-order valence-electron chi connectivity index (χ0n) is 19.9. The number of carbonyl (C=O) groups excluding carboxylic acids is 1. The van der Waals surface area contributed by atoms with Crippen LogP contribution in [0.1, 0.15) is 51.1 Å². The van der Waals surface area contributed by atoms with Gasteiger partial charge in [0.05, 0.1) is 6.04 Å². The molecule has 176 valence electrons. The van der Waals surface area contributed by atoms with Crippen molar-refractivity contribution in [3.8, 4) is 11.1 Å². The van der Waals surface area contributed by atoms with Gasteiger partial charge in [-0.1, -0.05) is 35.9 Å². The molecule has 1 saturated heterocycles. The van der Waals surface area contributed by atoms with Crippen molar-refractivity contribution in [1.82, 2.24) is 0 Å². The number of halogens is 1. The minimum atomic E-state index is 0.0774. The summed E-state index contributed by atoms with van der Waals surface area (Å²) in [7, 11) is 0. The summed E-state index contributed by atoms with van der Waals surface area (Å²) in [5.41, 5.74) is 6.78. The van der Waals surface area contributed by atoms with E-state index in [0.29, 0.717) is 5.02 Å². The molecule has 5 heteroatoms. The molecule has 5 rings (SSSR count). The van der Waals surface area contributed by atoms with Crippen LogP contribution in [-0.4, -0.2) is 25.0 Å². The second-order valence-corrected chi connectivity index (χ2v) is 9.99. The van der Waals surface area contributed by atoms with E-state index in [-0.39, 0.29) is 18.0 Å². The fourth-order valence-electron chi connectivity index (χ4n) is 5.46. The lowest BCUT2D eigenvalue weighted by molar-refractivity contribution is -0.117. The number of fused-ring (bicyclic) bond motifs is 1. The summed E-state index contributed by atoms with van der Waals surface area (Å²) in [6.45, 7) is 6.06. The van der Waals surface area contributed by atoms with E-state index in [0.717, 1.165) is 36.4 Å². The standard InChI is InChI=1S/C29H32ClN3O/c1-20-17-28(31-25-8-6-7-24(30)19-25)27-18-23(11-14-29(27)33(20)21(2)34)22-9-12-26(13-10-22)32-15-4-3-5-16-32/h6-14,18-20,28,31H,3-5,15-17H2,1-2H3/t20-,28+/m1/s1. The van der Waals surface area contributed by atoms with Crippen molar-refractivity contribution in [3.63, 3.8) is 0 Å². The molecule has 2 heterocycles. The van der Waals surface area contributed by atoms with E-state index in [2.05, 4.69) is 59.6 Å². The fourth-order valence-corrected chi connectivity index (χ4v) is 5.65. The molecule has 1 amide bonds. The number of anilines is 3. The number of amides is 1. The number of piperidine rings is 1.